The zero-order valence-corrected chi connectivity index (χ0v) is 15.7. The molecule has 2 aromatic carbocycles. The van der Waals surface area contributed by atoms with Crippen LogP contribution in [-0.2, 0) is 16.0 Å². The normalized spacial score (nSPS) is 11.4. The number of nitrogens with one attached hydrogen (secondary N) is 2. The van der Waals surface area contributed by atoms with Gasteiger partial charge in [-0.15, -0.1) is 0 Å². The molecule has 0 bridgehead atoms. The molecule has 1 atom stereocenters. The molecule has 6 nitrogen and oxygen atoms in total. The SMILES string of the molecule is CCOc1ccc(OC(C)C(=O)NNC(=O)Cc2c(F)cccc2Cl)cc1. The van der Waals surface area contributed by atoms with Crippen molar-refractivity contribution in [1.82, 2.24) is 10.9 Å². The number of hydrogen-bond acceptors (Lipinski definition) is 4. The van der Waals surface area contributed by atoms with Gasteiger partial charge in [0.1, 0.15) is 17.3 Å². The Bertz CT molecular complexity index is 779. The van der Waals surface area contributed by atoms with Crippen LogP contribution in [-0.4, -0.2) is 24.5 Å². The van der Waals surface area contributed by atoms with Gasteiger partial charge < -0.3 is 9.47 Å². The highest BCUT2D eigenvalue weighted by Crippen LogP contribution is 2.20. The van der Waals surface area contributed by atoms with Gasteiger partial charge >= 0.3 is 0 Å². The maximum Gasteiger partial charge on any atom is 0.279 e. The van der Waals surface area contributed by atoms with Crippen molar-refractivity contribution in [2.24, 2.45) is 0 Å². The third kappa shape index (κ3) is 6.14. The summed E-state index contributed by atoms with van der Waals surface area (Å²) in [5, 5.41) is 0.142. The molecule has 2 aromatic rings. The van der Waals surface area contributed by atoms with Crippen LogP contribution in [0.15, 0.2) is 42.5 Å². The van der Waals surface area contributed by atoms with Crippen LogP contribution in [0.4, 0.5) is 4.39 Å². The van der Waals surface area contributed by atoms with E-state index in [1.165, 1.54) is 25.1 Å². The first-order valence-corrected chi connectivity index (χ1v) is 8.69. The number of carbonyl (C=O) groups excluding carboxylic acids is 2. The molecule has 0 aromatic heterocycles. The minimum absolute atomic E-state index is 0.0598. The molecule has 0 aliphatic carbocycles. The Morgan fingerprint density at radius 1 is 1.11 bits per heavy atom. The Labute approximate surface area is 161 Å². The average Bonchev–Trinajstić information content (AvgIpc) is 2.64. The maximum atomic E-state index is 13.7. The minimum atomic E-state index is -0.861. The minimum Gasteiger partial charge on any atom is -0.494 e. The lowest BCUT2D eigenvalue weighted by atomic mass is 10.1. The second kappa shape index (κ2) is 9.78. The largest absolute Gasteiger partial charge is 0.494 e. The van der Waals surface area contributed by atoms with Gasteiger partial charge in [-0.05, 0) is 50.2 Å². The predicted molar refractivity (Wildman–Crippen MR) is 99.1 cm³/mol. The third-order valence-corrected chi connectivity index (χ3v) is 3.90. The van der Waals surface area contributed by atoms with Crippen LogP contribution in [0.25, 0.3) is 0 Å². The Kier molecular flexibility index (Phi) is 7.43. The van der Waals surface area contributed by atoms with E-state index < -0.39 is 23.7 Å². The fraction of sp³-hybridized carbons (Fsp3) is 0.263. The van der Waals surface area contributed by atoms with Gasteiger partial charge in [-0.2, -0.15) is 0 Å². The van der Waals surface area contributed by atoms with E-state index in [1.54, 1.807) is 24.3 Å². The molecule has 8 heteroatoms. The van der Waals surface area contributed by atoms with Gasteiger partial charge in [-0.3, -0.25) is 20.4 Å². The lowest BCUT2D eigenvalue weighted by molar-refractivity contribution is -0.132. The smallest absolute Gasteiger partial charge is 0.279 e. The number of amides is 2. The quantitative estimate of drug-likeness (QED) is 0.708. The Hall–Kier alpha value is -2.80. The van der Waals surface area contributed by atoms with Crippen molar-refractivity contribution >= 4 is 23.4 Å². The highest BCUT2D eigenvalue weighted by molar-refractivity contribution is 6.31. The molecular formula is C19H20ClFN2O4. The summed E-state index contributed by atoms with van der Waals surface area (Å²) in [5.41, 5.74) is 4.51. The summed E-state index contributed by atoms with van der Waals surface area (Å²) < 4.78 is 24.5. The van der Waals surface area contributed by atoms with Crippen molar-refractivity contribution in [2.45, 2.75) is 26.4 Å². The fourth-order valence-corrected chi connectivity index (χ4v) is 2.41. The van der Waals surface area contributed by atoms with Crippen LogP contribution in [0.3, 0.4) is 0 Å². The summed E-state index contributed by atoms with van der Waals surface area (Å²) in [7, 11) is 0. The molecule has 1 unspecified atom stereocenters. The monoisotopic (exact) mass is 394 g/mol. The van der Waals surface area contributed by atoms with E-state index in [1.807, 2.05) is 6.92 Å². The molecule has 0 aliphatic rings. The molecule has 0 radical (unpaired) electrons. The van der Waals surface area contributed by atoms with Crippen molar-refractivity contribution in [2.75, 3.05) is 6.61 Å². The van der Waals surface area contributed by atoms with Crippen LogP contribution in [0.1, 0.15) is 19.4 Å². The molecule has 0 aliphatic heterocycles. The molecule has 144 valence electrons. The lowest BCUT2D eigenvalue weighted by Crippen LogP contribution is -2.47. The zero-order valence-electron chi connectivity index (χ0n) is 14.9. The van der Waals surface area contributed by atoms with E-state index in [0.717, 1.165) is 0 Å². The highest BCUT2D eigenvalue weighted by atomic mass is 35.5. The molecule has 0 spiro atoms. The molecule has 2 rings (SSSR count). The maximum absolute atomic E-state index is 13.7. The molecule has 2 amide bonds. The number of carbonyl (C=O) groups is 2. The van der Waals surface area contributed by atoms with Gasteiger partial charge in [0.05, 0.1) is 13.0 Å². The number of hydrazine groups is 1. The molecule has 2 N–H and O–H groups in total. The number of rotatable bonds is 7. The molecule has 0 fully saturated rings. The van der Waals surface area contributed by atoms with Crippen molar-refractivity contribution in [1.29, 1.82) is 0 Å². The standard InChI is InChI=1S/C19H20ClFN2O4/c1-3-26-13-7-9-14(10-8-13)27-12(2)19(25)23-22-18(24)11-15-16(20)5-4-6-17(15)21/h4-10,12H,3,11H2,1-2H3,(H,22,24)(H,23,25). The predicted octanol–water partition coefficient (Wildman–Crippen LogP) is 3.04. The number of halogens is 2. The Morgan fingerprint density at radius 3 is 2.41 bits per heavy atom. The van der Waals surface area contributed by atoms with E-state index >= 15 is 0 Å². The summed E-state index contributed by atoms with van der Waals surface area (Å²) >= 11 is 5.87. The first-order chi connectivity index (χ1) is 12.9. The number of benzene rings is 2. The van der Waals surface area contributed by atoms with Crippen molar-refractivity contribution in [3.63, 3.8) is 0 Å². The van der Waals surface area contributed by atoms with E-state index in [4.69, 9.17) is 21.1 Å². The summed E-state index contributed by atoms with van der Waals surface area (Å²) in [6.07, 6.45) is -1.17. The average molecular weight is 395 g/mol. The van der Waals surface area contributed by atoms with Gasteiger partial charge in [0, 0.05) is 10.6 Å². The summed E-state index contributed by atoms with van der Waals surface area (Å²) in [6.45, 7) is 3.97. The second-order valence-electron chi connectivity index (χ2n) is 5.58. The highest BCUT2D eigenvalue weighted by Gasteiger charge is 2.17. The molecular weight excluding hydrogens is 375 g/mol. The van der Waals surface area contributed by atoms with Gasteiger partial charge in [-0.1, -0.05) is 17.7 Å². The van der Waals surface area contributed by atoms with Crippen molar-refractivity contribution < 1.29 is 23.5 Å². The molecule has 27 heavy (non-hydrogen) atoms. The lowest BCUT2D eigenvalue weighted by Gasteiger charge is -2.15. The molecule has 0 saturated carbocycles. The first-order valence-electron chi connectivity index (χ1n) is 8.31. The summed E-state index contributed by atoms with van der Waals surface area (Å²) in [4.78, 5) is 23.9. The Balaban J connectivity index is 1.82. The number of hydrogen-bond donors (Lipinski definition) is 2. The Morgan fingerprint density at radius 2 is 1.78 bits per heavy atom. The molecule has 0 heterocycles. The van der Waals surface area contributed by atoms with Crippen LogP contribution in [0.5, 0.6) is 11.5 Å². The van der Waals surface area contributed by atoms with E-state index in [2.05, 4.69) is 10.9 Å². The summed E-state index contributed by atoms with van der Waals surface area (Å²) in [6, 6.07) is 10.9. The van der Waals surface area contributed by atoms with Crippen molar-refractivity contribution in [3.8, 4) is 11.5 Å². The molecule has 0 saturated heterocycles. The van der Waals surface area contributed by atoms with Crippen LogP contribution in [0.2, 0.25) is 5.02 Å². The van der Waals surface area contributed by atoms with Gasteiger partial charge in [-0.25, -0.2) is 4.39 Å². The second-order valence-corrected chi connectivity index (χ2v) is 5.99. The summed E-state index contributed by atoms with van der Waals surface area (Å²) in [5.74, 6) is -0.580. The zero-order chi connectivity index (χ0) is 19.8. The topological polar surface area (TPSA) is 76.7 Å². The first kappa shape index (κ1) is 20.5. The van der Waals surface area contributed by atoms with Gasteiger partial charge in [0.2, 0.25) is 5.91 Å². The van der Waals surface area contributed by atoms with Crippen LogP contribution >= 0.6 is 11.6 Å². The fourth-order valence-electron chi connectivity index (χ4n) is 2.18. The van der Waals surface area contributed by atoms with Crippen LogP contribution < -0.4 is 20.3 Å². The van der Waals surface area contributed by atoms with E-state index in [9.17, 15) is 14.0 Å². The van der Waals surface area contributed by atoms with Crippen LogP contribution in [0, 0.1) is 5.82 Å². The van der Waals surface area contributed by atoms with E-state index in [-0.39, 0.29) is 17.0 Å². The van der Waals surface area contributed by atoms with E-state index in [0.29, 0.717) is 18.1 Å². The van der Waals surface area contributed by atoms with Gasteiger partial charge in [0.25, 0.3) is 5.91 Å². The van der Waals surface area contributed by atoms with Gasteiger partial charge in [0.15, 0.2) is 6.10 Å². The third-order valence-electron chi connectivity index (χ3n) is 3.54. The number of ether oxygens (including phenoxy) is 2. The van der Waals surface area contributed by atoms with Crippen molar-refractivity contribution in [3.05, 3.63) is 58.9 Å².